The van der Waals surface area contributed by atoms with E-state index in [1.165, 1.54) is 40.5 Å². The van der Waals surface area contributed by atoms with Crippen molar-refractivity contribution >= 4 is 5.69 Å². The maximum Gasteiger partial charge on any atom is 0.131 e. The maximum atomic E-state index is 14.0. The van der Waals surface area contributed by atoms with Crippen LogP contribution in [0.15, 0.2) is 67.1 Å². The van der Waals surface area contributed by atoms with E-state index < -0.39 is 11.6 Å². The number of hydrogen-bond acceptors (Lipinski definition) is 3. The molecule has 0 bridgehead atoms. The zero-order chi connectivity index (χ0) is 22.2. The van der Waals surface area contributed by atoms with Gasteiger partial charge in [-0.05, 0) is 72.6 Å². The van der Waals surface area contributed by atoms with Crippen molar-refractivity contribution in [2.75, 3.05) is 12.4 Å². The molecule has 4 nitrogen and oxygen atoms in total. The van der Waals surface area contributed by atoms with Gasteiger partial charge in [0.05, 0.1) is 12.0 Å². The highest BCUT2D eigenvalue weighted by Crippen LogP contribution is 2.35. The van der Waals surface area contributed by atoms with E-state index in [-0.39, 0.29) is 12.1 Å². The summed E-state index contributed by atoms with van der Waals surface area (Å²) in [6.45, 7) is 3.70. The molecule has 1 aromatic heterocycles. The first-order valence-electron chi connectivity index (χ1n) is 10.6. The van der Waals surface area contributed by atoms with E-state index in [0.717, 1.165) is 30.2 Å². The molecular formula is C26H24F2N4. The molecule has 0 aliphatic carbocycles. The van der Waals surface area contributed by atoms with Gasteiger partial charge < -0.3 is 9.88 Å². The number of anilines is 1. The van der Waals surface area contributed by atoms with Gasteiger partial charge in [-0.1, -0.05) is 18.2 Å². The van der Waals surface area contributed by atoms with Crippen molar-refractivity contribution in [1.82, 2.24) is 14.5 Å². The van der Waals surface area contributed by atoms with Crippen LogP contribution in [0.25, 0.3) is 16.8 Å². The molecule has 0 saturated heterocycles. The fourth-order valence-electron chi connectivity index (χ4n) is 4.30. The lowest BCUT2D eigenvalue weighted by atomic mass is 9.95. The second-order valence-corrected chi connectivity index (χ2v) is 8.36. The first kappa shape index (κ1) is 20.4. The van der Waals surface area contributed by atoms with Crippen LogP contribution in [0, 0.1) is 18.6 Å². The summed E-state index contributed by atoms with van der Waals surface area (Å²) in [4.78, 5) is 6.61. The number of rotatable bonds is 4. The molecule has 3 aromatic carbocycles. The summed E-state index contributed by atoms with van der Waals surface area (Å²) >= 11 is 0. The average Bonchev–Trinajstić information content (AvgIpc) is 3.14. The van der Waals surface area contributed by atoms with Gasteiger partial charge in [-0.15, -0.1) is 0 Å². The van der Waals surface area contributed by atoms with Gasteiger partial charge in [0.2, 0.25) is 0 Å². The molecule has 0 atom stereocenters. The van der Waals surface area contributed by atoms with Gasteiger partial charge in [0.25, 0.3) is 0 Å². The third kappa shape index (κ3) is 3.89. The Bertz CT molecular complexity index is 1270. The highest BCUT2D eigenvalue weighted by molar-refractivity contribution is 5.75. The van der Waals surface area contributed by atoms with Crippen molar-refractivity contribution < 1.29 is 8.78 Å². The highest BCUT2D eigenvalue weighted by atomic mass is 19.1. The molecule has 5 rings (SSSR count). The van der Waals surface area contributed by atoms with Gasteiger partial charge in [0, 0.05) is 42.8 Å². The van der Waals surface area contributed by atoms with Crippen molar-refractivity contribution in [3.05, 3.63) is 101 Å². The fraction of sp³-hybridized carbons (Fsp3) is 0.192. The van der Waals surface area contributed by atoms with Crippen LogP contribution in [0.1, 0.15) is 22.4 Å². The van der Waals surface area contributed by atoms with Crippen molar-refractivity contribution in [3.8, 4) is 16.8 Å². The lowest BCUT2D eigenvalue weighted by Gasteiger charge is -2.15. The molecular weight excluding hydrogens is 406 g/mol. The normalized spacial score (nSPS) is 13.4. The van der Waals surface area contributed by atoms with Crippen molar-refractivity contribution in [3.63, 3.8) is 0 Å². The van der Waals surface area contributed by atoms with Crippen LogP contribution in [0.4, 0.5) is 14.5 Å². The summed E-state index contributed by atoms with van der Waals surface area (Å²) in [5.74, 6) is -1.08. The minimum atomic E-state index is -0.539. The van der Waals surface area contributed by atoms with Gasteiger partial charge in [0.1, 0.15) is 11.6 Å². The summed E-state index contributed by atoms with van der Waals surface area (Å²) in [7, 11) is 2.10. The summed E-state index contributed by atoms with van der Waals surface area (Å²) in [5, 5.41) is 3.18. The van der Waals surface area contributed by atoms with Gasteiger partial charge in [-0.25, -0.2) is 13.8 Å². The van der Waals surface area contributed by atoms with Crippen LogP contribution >= 0.6 is 0 Å². The summed E-state index contributed by atoms with van der Waals surface area (Å²) in [6, 6.07) is 16.6. The van der Waals surface area contributed by atoms with Gasteiger partial charge in [-0.3, -0.25) is 4.90 Å². The van der Waals surface area contributed by atoms with Crippen LogP contribution < -0.4 is 5.32 Å². The van der Waals surface area contributed by atoms with Crippen LogP contribution in [0.3, 0.4) is 0 Å². The first-order chi connectivity index (χ1) is 15.5. The van der Waals surface area contributed by atoms with E-state index >= 15 is 0 Å². The smallest absolute Gasteiger partial charge is 0.131 e. The van der Waals surface area contributed by atoms with Crippen LogP contribution in [0.5, 0.6) is 0 Å². The second-order valence-electron chi connectivity index (χ2n) is 8.36. The van der Waals surface area contributed by atoms with Crippen LogP contribution in [-0.4, -0.2) is 21.5 Å². The Morgan fingerprint density at radius 3 is 2.47 bits per heavy atom. The second kappa shape index (κ2) is 8.20. The van der Waals surface area contributed by atoms with Crippen molar-refractivity contribution in [2.24, 2.45) is 0 Å². The monoisotopic (exact) mass is 430 g/mol. The predicted molar refractivity (Wildman–Crippen MR) is 123 cm³/mol. The molecule has 1 aliphatic rings. The van der Waals surface area contributed by atoms with Crippen LogP contribution in [-0.2, 0) is 19.6 Å². The maximum absolute atomic E-state index is 14.0. The summed E-state index contributed by atoms with van der Waals surface area (Å²) < 4.78 is 30.0. The Morgan fingerprint density at radius 2 is 1.72 bits per heavy atom. The fourth-order valence-corrected chi connectivity index (χ4v) is 4.30. The number of halogens is 2. The first-order valence-corrected chi connectivity index (χ1v) is 10.6. The number of benzene rings is 3. The molecule has 32 heavy (non-hydrogen) atoms. The Balaban J connectivity index is 1.49. The SMILES string of the molecule is Cc1cn(-c2ccc3c(c2)-c2ccc(NCc4c(F)cccc4F)cc2CN(C)C3)cn1. The van der Waals surface area contributed by atoms with E-state index in [0.29, 0.717) is 0 Å². The van der Waals surface area contributed by atoms with Gasteiger partial charge in [-0.2, -0.15) is 0 Å². The van der Waals surface area contributed by atoms with E-state index in [4.69, 9.17) is 0 Å². The minimum Gasteiger partial charge on any atom is -0.381 e. The molecule has 162 valence electrons. The number of aromatic nitrogens is 2. The van der Waals surface area contributed by atoms with E-state index in [2.05, 4.69) is 52.6 Å². The molecule has 1 aliphatic heterocycles. The zero-order valence-electron chi connectivity index (χ0n) is 18.1. The zero-order valence-corrected chi connectivity index (χ0v) is 18.1. The molecule has 0 unspecified atom stereocenters. The predicted octanol–water partition coefficient (Wildman–Crippen LogP) is 5.68. The summed E-state index contributed by atoms with van der Waals surface area (Å²) in [6.07, 6.45) is 3.84. The molecule has 0 fully saturated rings. The van der Waals surface area contributed by atoms with Crippen molar-refractivity contribution in [1.29, 1.82) is 0 Å². The number of nitrogens with zero attached hydrogens (tertiary/aromatic N) is 3. The Kier molecular flexibility index (Phi) is 5.23. The Morgan fingerprint density at radius 1 is 0.938 bits per heavy atom. The molecule has 0 amide bonds. The topological polar surface area (TPSA) is 33.1 Å². The summed E-state index contributed by atoms with van der Waals surface area (Å²) in [5.41, 5.74) is 7.73. The Labute approximate surface area is 186 Å². The number of fused-ring (bicyclic) bond motifs is 3. The van der Waals surface area contributed by atoms with Crippen molar-refractivity contribution in [2.45, 2.75) is 26.6 Å². The largest absolute Gasteiger partial charge is 0.381 e. The highest BCUT2D eigenvalue weighted by Gasteiger charge is 2.19. The standard InChI is InChI=1S/C26H24F2N4/c1-17-13-32(16-30-17)21-8-6-18-14-31(2)15-19-10-20(7-9-22(19)23(18)11-21)29-12-24-25(27)4-3-5-26(24)28/h3-11,13,16,29H,12,14-15H2,1-2H3. The third-order valence-electron chi connectivity index (χ3n) is 5.91. The van der Waals surface area contributed by atoms with Gasteiger partial charge in [0.15, 0.2) is 0 Å². The average molecular weight is 431 g/mol. The molecule has 0 spiro atoms. The number of aryl methyl sites for hydroxylation is 1. The molecule has 1 N–H and O–H groups in total. The van der Waals surface area contributed by atoms with E-state index in [1.54, 1.807) is 0 Å². The number of nitrogens with one attached hydrogen (secondary N) is 1. The van der Waals surface area contributed by atoms with E-state index in [9.17, 15) is 8.78 Å². The Hall–Kier alpha value is -3.51. The molecule has 4 aromatic rings. The minimum absolute atomic E-state index is 0.0465. The molecule has 0 radical (unpaired) electrons. The number of imidazole rings is 1. The lowest BCUT2D eigenvalue weighted by molar-refractivity contribution is 0.323. The van der Waals surface area contributed by atoms with Crippen LogP contribution in [0.2, 0.25) is 0 Å². The van der Waals surface area contributed by atoms with E-state index in [1.807, 2.05) is 30.1 Å². The molecule has 6 heteroatoms. The van der Waals surface area contributed by atoms with Gasteiger partial charge >= 0.3 is 0 Å². The lowest BCUT2D eigenvalue weighted by Crippen LogP contribution is -2.15. The quantitative estimate of drug-likeness (QED) is 0.452. The third-order valence-corrected chi connectivity index (χ3v) is 5.91. The molecule has 2 heterocycles. The molecule has 0 saturated carbocycles. The number of hydrogen-bond donors (Lipinski definition) is 1.